The maximum atomic E-state index is 12.8. The van der Waals surface area contributed by atoms with Gasteiger partial charge >= 0.3 is 6.03 Å². The second-order valence-electron chi connectivity index (χ2n) is 8.03. The maximum absolute atomic E-state index is 12.8. The fraction of sp³-hybridized carbons (Fsp3) is 0.240. The SMILES string of the molecule is CCN1CCc2c(ncnc2Oc2ccc3c(ccn3C(=O)Nc3cccc(C)c3)c2)C1. The molecule has 162 valence electrons. The normalized spacial score (nSPS) is 13.7. The van der Waals surface area contributed by atoms with Gasteiger partial charge in [0.1, 0.15) is 12.1 Å². The van der Waals surface area contributed by atoms with Gasteiger partial charge in [0.15, 0.2) is 0 Å². The first-order valence-electron chi connectivity index (χ1n) is 10.8. The highest BCUT2D eigenvalue weighted by atomic mass is 16.5. The van der Waals surface area contributed by atoms with Crippen molar-refractivity contribution in [3.8, 4) is 11.6 Å². The highest BCUT2D eigenvalue weighted by Gasteiger charge is 2.21. The molecule has 1 amide bonds. The number of rotatable bonds is 4. The van der Waals surface area contributed by atoms with Crippen LogP contribution in [0.3, 0.4) is 0 Å². The molecule has 2 aromatic heterocycles. The van der Waals surface area contributed by atoms with Crippen LogP contribution in [0.15, 0.2) is 61.1 Å². The van der Waals surface area contributed by atoms with E-state index in [-0.39, 0.29) is 6.03 Å². The molecule has 32 heavy (non-hydrogen) atoms. The first-order chi connectivity index (χ1) is 15.6. The predicted octanol–water partition coefficient (Wildman–Crippen LogP) is 4.99. The molecule has 1 aliphatic heterocycles. The van der Waals surface area contributed by atoms with E-state index in [9.17, 15) is 4.79 Å². The lowest BCUT2D eigenvalue weighted by Crippen LogP contribution is -2.31. The Morgan fingerprint density at radius 3 is 2.91 bits per heavy atom. The van der Waals surface area contributed by atoms with Crippen LogP contribution in [0, 0.1) is 6.92 Å². The molecule has 0 bridgehead atoms. The number of nitrogens with one attached hydrogen (secondary N) is 1. The molecule has 0 radical (unpaired) electrons. The molecule has 0 atom stereocenters. The molecule has 0 fully saturated rings. The average molecular weight is 428 g/mol. The number of nitrogens with zero attached hydrogens (tertiary/aromatic N) is 4. The van der Waals surface area contributed by atoms with Crippen LogP contribution >= 0.6 is 0 Å². The van der Waals surface area contributed by atoms with E-state index < -0.39 is 0 Å². The van der Waals surface area contributed by atoms with Gasteiger partial charge in [0.25, 0.3) is 0 Å². The Bertz CT molecular complexity index is 1300. The Balaban J connectivity index is 1.37. The minimum absolute atomic E-state index is 0.204. The van der Waals surface area contributed by atoms with Crippen molar-refractivity contribution in [2.75, 3.05) is 18.4 Å². The van der Waals surface area contributed by atoms with Crippen LogP contribution in [0.4, 0.5) is 10.5 Å². The fourth-order valence-corrected chi connectivity index (χ4v) is 4.12. The number of aromatic nitrogens is 3. The van der Waals surface area contributed by atoms with Gasteiger partial charge in [-0.2, -0.15) is 0 Å². The van der Waals surface area contributed by atoms with Gasteiger partial charge < -0.3 is 10.1 Å². The van der Waals surface area contributed by atoms with E-state index in [0.29, 0.717) is 11.6 Å². The predicted molar refractivity (Wildman–Crippen MR) is 124 cm³/mol. The van der Waals surface area contributed by atoms with Crippen molar-refractivity contribution in [3.05, 3.63) is 77.9 Å². The summed E-state index contributed by atoms with van der Waals surface area (Å²) in [6.07, 6.45) is 4.21. The number of amides is 1. The van der Waals surface area contributed by atoms with Gasteiger partial charge in [0, 0.05) is 35.9 Å². The smallest absolute Gasteiger partial charge is 0.330 e. The standard InChI is InChI=1S/C25H25N5O2/c1-3-29-11-10-21-22(15-29)26-16-27-24(21)32-20-7-8-23-18(14-20)9-12-30(23)25(31)28-19-6-4-5-17(2)13-19/h4-9,12-14,16H,3,10-11,15H2,1-2H3,(H,28,31). The Morgan fingerprint density at radius 2 is 2.06 bits per heavy atom. The molecule has 3 heterocycles. The molecule has 0 aliphatic carbocycles. The number of aryl methyl sites for hydroxylation is 1. The number of anilines is 1. The van der Waals surface area contributed by atoms with Gasteiger partial charge in [-0.1, -0.05) is 19.1 Å². The zero-order chi connectivity index (χ0) is 22.1. The molecule has 5 rings (SSSR count). The van der Waals surface area contributed by atoms with Crippen molar-refractivity contribution in [1.82, 2.24) is 19.4 Å². The number of ether oxygens (including phenoxy) is 1. The minimum Gasteiger partial charge on any atom is -0.439 e. The van der Waals surface area contributed by atoms with E-state index in [4.69, 9.17) is 4.74 Å². The van der Waals surface area contributed by atoms with E-state index >= 15 is 0 Å². The topological polar surface area (TPSA) is 72.3 Å². The molecule has 0 spiro atoms. The van der Waals surface area contributed by atoms with E-state index in [1.165, 1.54) is 0 Å². The number of carbonyl (C=O) groups excluding carboxylic acids is 1. The van der Waals surface area contributed by atoms with Gasteiger partial charge in [-0.05, 0) is 61.9 Å². The Kier molecular flexibility index (Phi) is 5.33. The monoisotopic (exact) mass is 427 g/mol. The van der Waals surface area contributed by atoms with Crippen LogP contribution in [0.5, 0.6) is 11.6 Å². The summed E-state index contributed by atoms with van der Waals surface area (Å²) in [6, 6.07) is 15.1. The zero-order valence-electron chi connectivity index (χ0n) is 18.2. The first-order valence-corrected chi connectivity index (χ1v) is 10.8. The van der Waals surface area contributed by atoms with Gasteiger partial charge in [0.2, 0.25) is 5.88 Å². The second kappa shape index (κ2) is 8.43. The molecule has 1 N–H and O–H groups in total. The molecule has 7 nitrogen and oxygen atoms in total. The summed E-state index contributed by atoms with van der Waals surface area (Å²) < 4.78 is 7.76. The van der Waals surface area contributed by atoms with Crippen molar-refractivity contribution < 1.29 is 9.53 Å². The van der Waals surface area contributed by atoms with Crippen LogP contribution in [-0.4, -0.2) is 38.6 Å². The second-order valence-corrected chi connectivity index (χ2v) is 8.03. The van der Waals surface area contributed by atoms with Gasteiger partial charge in [-0.25, -0.2) is 14.8 Å². The van der Waals surface area contributed by atoms with Crippen LogP contribution in [0.1, 0.15) is 23.7 Å². The van der Waals surface area contributed by atoms with Crippen molar-refractivity contribution in [2.45, 2.75) is 26.8 Å². The molecule has 1 aliphatic rings. The van der Waals surface area contributed by atoms with E-state index in [1.807, 2.05) is 55.5 Å². The van der Waals surface area contributed by atoms with Crippen LogP contribution in [0.2, 0.25) is 0 Å². The minimum atomic E-state index is -0.204. The molecular formula is C25H25N5O2. The third kappa shape index (κ3) is 3.94. The summed E-state index contributed by atoms with van der Waals surface area (Å²) in [6.45, 7) is 6.96. The van der Waals surface area contributed by atoms with Crippen LogP contribution < -0.4 is 10.1 Å². The average Bonchev–Trinajstić information content (AvgIpc) is 3.22. The largest absolute Gasteiger partial charge is 0.439 e. The number of fused-ring (bicyclic) bond motifs is 2. The Labute approximate surface area is 186 Å². The van der Waals surface area contributed by atoms with E-state index in [0.717, 1.165) is 59.5 Å². The van der Waals surface area contributed by atoms with E-state index in [1.54, 1.807) is 17.1 Å². The van der Waals surface area contributed by atoms with Crippen molar-refractivity contribution in [2.24, 2.45) is 0 Å². The van der Waals surface area contributed by atoms with Crippen LogP contribution in [0.25, 0.3) is 10.9 Å². The maximum Gasteiger partial charge on any atom is 0.330 e. The van der Waals surface area contributed by atoms with Gasteiger partial charge in [-0.15, -0.1) is 0 Å². The molecule has 0 saturated heterocycles. The lowest BCUT2D eigenvalue weighted by molar-refractivity contribution is 0.254. The molecule has 2 aromatic carbocycles. The highest BCUT2D eigenvalue weighted by molar-refractivity contribution is 5.98. The van der Waals surface area contributed by atoms with Crippen molar-refractivity contribution in [3.63, 3.8) is 0 Å². The zero-order valence-corrected chi connectivity index (χ0v) is 18.2. The molecular weight excluding hydrogens is 402 g/mol. The Morgan fingerprint density at radius 1 is 1.16 bits per heavy atom. The summed E-state index contributed by atoms with van der Waals surface area (Å²) in [5, 5.41) is 3.86. The van der Waals surface area contributed by atoms with E-state index in [2.05, 4.69) is 27.1 Å². The summed E-state index contributed by atoms with van der Waals surface area (Å²) in [4.78, 5) is 24.0. The highest BCUT2D eigenvalue weighted by Crippen LogP contribution is 2.30. The lowest BCUT2D eigenvalue weighted by atomic mass is 10.1. The molecule has 4 aromatic rings. The lowest BCUT2D eigenvalue weighted by Gasteiger charge is -2.27. The summed E-state index contributed by atoms with van der Waals surface area (Å²) >= 11 is 0. The quantitative estimate of drug-likeness (QED) is 0.497. The summed E-state index contributed by atoms with van der Waals surface area (Å²) in [7, 11) is 0. The van der Waals surface area contributed by atoms with Crippen LogP contribution in [-0.2, 0) is 13.0 Å². The number of benzene rings is 2. The van der Waals surface area contributed by atoms with Gasteiger partial charge in [-0.3, -0.25) is 9.47 Å². The third-order valence-electron chi connectivity index (χ3n) is 5.86. The number of carbonyl (C=O) groups is 1. The Hall–Kier alpha value is -3.71. The molecule has 0 unspecified atom stereocenters. The fourth-order valence-electron chi connectivity index (χ4n) is 4.12. The summed E-state index contributed by atoms with van der Waals surface area (Å²) in [5.41, 5.74) is 4.78. The number of hydrogen-bond acceptors (Lipinski definition) is 5. The van der Waals surface area contributed by atoms with Gasteiger partial charge in [0.05, 0.1) is 11.2 Å². The molecule has 7 heteroatoms. The number of likely N-dealkylation sites (N-methyl/N-ethyl adjacent to an activating group) is 1. The van der Waals surface area contributed by atoms with Crippen molar-refractivity contribution >= 4 is 22.6 Å². The van der Waals surface area contributed by atoms with Crippen molar-refractivity contribution in [1.29, 1.82) is 0 Å². The third-order valence-corrected chi connectivity index (χ3v) is 5.86. The number of hydrogen-bond donors (Lipinski definition) is 1. The first kappa shape index (κ1) is 20.2. The molecule has 0 saturated carbocycles. The summed E-state index contributed by atoms with van der Waals surface area (Å²) in [5.74, 6) is 1.30.